The van der Waals surface area contributed by atoms with E-state index in [0.717, 1.165) is 18.5 Å². The van der Waals surface area contributed by atoms with Crippen molar-refractivity contribution < 1.29 is 14.6 Å². The molecule has 2 heterocycles. The van der Waals surface area contributed by atoms with Crippen LogP contribution in [0.25, 0.3) is 0 Å². The molecule has 2 N–H and O–H groups in total. The van der Waals surface area contributed by atoms with Gasteiger partial charge in [-0.05, 0) is 30.7 Å². The fourth-order valence-electron chi connectivity index (χ4n) is 2.12. The lowest BCUT2D eigenvalue weighted by Crippen LogP contribution is -2.16. The number of phenolic OH excluding ortho intramolecular Hbond substituents is 1. The minimum absolute atomic E-state index is 0.215. The first-order valence-corrected chi connectivity index (χ1v) is 6.54. The lowest BCUT2D eigenvalue weighted by atomic mass is 10.1. The van der Waals surface area contributed by atoms with Crippen LogP contribution in [0.3, 0.4) is 0 Å². The predicted molar refractivity (Wildman–Crippen MR) is 73.9 cm³/mol. The van der Waals surface area contributed by atoms with Gasteiger partial charge in [-0.15, -0.1) is 0 Å². The molecule has 0 bridgehead atoms. The topological polar surface area (TPSA) is 63.6 Å². The monoisotopic (exact) mass is 272 g/mol. The van der Waals surface area contributed by atoms with E-state index in [9.17, 15) is 5.11 Å². The molecule has 1 aromatic heterocycles. The zero-order chi connectivity index (χ0) is 13.8. The Hall–Kier alpha value is -2.27. The van der Waals surface area contributed by atoms with Gasteiger partial charge in [-0.3, -0.25) is 4.98 Å². The highest BCUT2D eigenvalue weighted by atomic mass is 16.7. The molecule has 1 aliphatic rings. The molecule has 0 unspecified atom stereocenters. The Morgan fingerprint density at radius 1 is 1.25 bits per heavy atom. The highest BCUT2D eigenvalue weighted by molar-refractivity contribution is 5.51. The maximum atomic E-state index is 9.91. The van der Waals surface area contributed by atoms with Crippen molar-refractivity contribution in [2.24, 2.45) is 0 Å². The van der Waals surface area contributed by atoms with E-state index in [2.05, 4.69) is 10.3 Å². The Labute approximate surface area is 117 Å². The Morgan fingerprint density at radius 3 is 2.90 bits per heavy atom. The molecule has 0 atom stereocenters. The van der Waals surface area contributed by atoms with Gasteiger partial charge in [0.1, 0.15) is 5.75 Å². The Kier molecular flexibility index (Phi) is 3.69. The molecule has 5 nitrogen and oxygen atoms in total. The van der Waals surface area contributed by atoms with Crippen LogP contribution >= 0.6 is 0 Å². The Bertz CT molecular complexity index is 587. The third kappa shape index (κ3) is 2.83. The molecule has 104 valence electrons. The number of rotatable bonds is 5. The van der Waals surface area contributed by atoms with Crippen molar-refractivity contribution in [1.82, 2.24) is 10.3 Å². The molecular formula is C15H16N2O3. The third-order valence-corrected chi connectivity index (χ3v) is 3.20. The van der Waals surface area contributed by atoms with Crippen molar-refractivity contribution >= 4 is 0 Å². The van der Waals surface area contributed by atoms with Gasteiger partial charge in [-0.1, -0.05) is 6.07 Å². The van der Waals surface area contributed by atoms with E-state index in [4.69, 9.17) is 9.47 Å². The molecule has 0 radical (unpaired) electrons. The van der Waals surface area contributed by atoms with E-state index in [1.807, 2.05) is 24.4 Å². The van der Waals surface area contributed by atoms with Gasteiger partial charge >= 0.3 is 0 Å². The van der Waals surface area contributed by atoms with Gasteiger partial charge in [-0.2, -0.15) is 0 Å². The van der Waals surface area contributed by atoms with Gasteiger partial charge in [0.05, 0.1) is 0 Å². The van der Waals surface area contributed by atoms with Crippen molar-refractivity contribution in [2.45, 2.75) is 13.0 Å². The summed E-state index contributed by atoms with van der Waals surface area (Å²) in [7, 11) is 0. The SMILES string of the molecule is Oc1cc2c(cc1CNCCc1cccnc1)OCO2. The quantitative estimate of drug-likeness (QED) is 0.813. The standard InChI is InChI=1S/C15H16N2O3/c18-13-7-15-14(19-10-20-15)6-12(13)9-17-5-3-11-2-1-4-16-8-11/h1-2,4,6-8,17-18H,3,5,9-10H2. The number of aromatic nitrogens is 1. The van der Waals surface area contributed by atoms with Crippen LogP contribution in [0, 0.1) is 0 Å². The number of ether oxygens (including phenoxy) is 2. The number of benzene rings is 1. The lowest BCUT2D eigenvalue weighted by Gasteiger charge is -2.08. The number of fused-ring (bicyclic) bond motifs is 1. The minimum Gasteiger partial charge on any atom is -0.507 e. The number of nitrogens with zero attached hydrogens (tertiary/aromatic N) is 1. The molecular weight excluding hydrogens is 256 g/mol. The van der Waals surface area contributed by atoms with E-state index < -0.39 is 0 Å². The van der Waals surface area contributed by atoms with E-state index >= 15 is 0 Å². The fraction of sp³-hybridized carbons (Fsp3) is 0.267. The Balaban J connectivity index is 1.54. The molecule has 20 heavy (non-hydrogen) atoms. The Morgan fingerprint density at radius 2 is 2.10 bits per heavy atom. The largest absolute Gasteiger partial charge is 0.507 e. The number of hydrogen-bond donors (Lipinski definition) is 2. The predicted octanol–water partition coefficient (Wildman–Crippen LogP) is 1.85. The summed E-state index contributed by atoms with van der Waals surface area (Å²) in [5.41, 5.74) is 2.00. The second-order valence-electron chi connectivity index (χ2n) is 4.62. The summed E-state index contributed by atoms with van der Waals surface area (Å²) < 4.78 is 10.5. The maximum absolute atomic E-state index is 9.91. The minimum atomic E-state index is 0.215. The number of phenols is 1. The van der Waals surface area contributed by atoms with E-state index in [1.165, 1.54) is 5.56 Å². The highest BCUT2D eigenvalue weighted by Gasteiger charge is 2.16. The molecule has 0 fully saturated rings. The van der Waals surface area contributed by atoms with Crippen LogP contribution in [0.4, 0.5) is 0 Å². The number of pyridine rings is 1. The van der Waals surface area contributed by atoms with Gasteiger partial charge in [0.15, 0.2) is 11.5 Å². The molecule has 0 aliphatic carbocycles. The van der Waals surface area contributed by atoms with Crippen LogP contribution in [0.2, 0.25) is 0 Å². The second kappa shape index (κ2) is 5.79. The summed E-state index contributed by atoms with van der Waals surface area (Å²) in [6, 6.07) is 7.39. The fourth-order valence-corrected chi connectivity index (χ4v) is 2.12. The van der Waals surface area contributed by atoms with Crippen LogP contribution < -0.4 is 14.8 Å². The number of hydrogen-bond acceptors (Lipinski definition) is 5. The van der Waals surface area contributed by atoms with Crippen molar-refractivity contribution in [3.63, 3.8) is 0 Å². The first-order chi connectivity index (χ1) is 9.83. The zero-order valence-electron chi connectivity index (χ0n) is 11.0. The van der Waals surface area contributed by atoms with E-state index in [-0.39, 0.29) is 12.5 Å². The first kappa shape index (κ1) is 12.7. The van der Waals surface area contributed by atoms with E-state index in [0.29, 0.717) is 18.0 Å². The first-order valence-electron chi connectivity index (χ1n) is 6.54. The number of aromatic hydroxyl groups is 1. The molecule has 5 heteroatoms. The van der Waals surface area contributed by atoms with Gasteiger partial charge in [0.2, 0.25) is 6.79 Å². The van der Waals surface area contributed by atoms with Crippen molar-refractivity contribution in [2.75, 3.05) is 13.3 Å². The van der Waals surface area contributed by atoms with Crippen LogP contribution in [0.5, 0.6) is 17.2 Å². The third-order valence-electron chi connectivity index (χ3n) is 3.20. The summed E-state index contributed by atoms with van der Waals surface area (Å²) in [6.07, 6.45) is 4.53. The van der Waals surface area contributed by atoms with Gasteiger partial charge in [0.25, 0.3) is 0 Å². The molecule has 0 saturated carbocycles. The summed E-state index contributed by atoms with van der Waals surface area (Å²) in [4.78, 5) is 4.08. The smallest absolute Gasteiger partial charge is 0.231 e. The normalized spacial score (nSPS) is 12.6. The molecule has 1 aliphatic heterocycles. The molecule has 2 aromatic rings. The average Bonchev–Trinajstić information content (AvgIpc) is 2.91. The summed E-state index contributed by atoms with van der Waals surface area (Å²) in [5.74, 6) is 1.51. The van der Waals surface area contributed by atoms with Gasteiger partial charge in [-0.25, -0.2) is 0 Å². The zero-order valence-corrected chi connectivity index (χ0v) is 11.0. The molecule has 0 saturated heterocycles. The van der Waals surface area contributed by atoms with Crippen molar-refractivity contribution in [3.05, 3.63) is 47.8 Å². The lowest BCUT2D eigenvalue weighted by molar-refractivity contribution is 0.174. The van der Waals surface area contributed by atoms with Crippen LogP contribution in [0.1, 0.15) is 11.1 Å². The molecule has 0 amide bonds. The maximum Gasteiger partial charge on any atom is 0.231 e. The summed E-state index contributed by atoms with van der Waals surface area (Å²) >= 11 is 0. The van der Waals surface area contributed by atoms with Crippen molar-refractivity contribution in [3.8, 4) is 17.2 Å². The molecule has 1 aromatic carbocycles. The van der Waals surface area contributed by atoms with E-state index in [1.54, 1.807) is 12.3 Å². The molecule has 0 spiro atoms. The summed E-state index contributed by atoms with van der Waals surface area (Å²) in [6.45, 7) is 1.62. The molecule has 3 rings (SSSR count). The van der Waals surface area contributed by atoms with Crippen LogP contribution in [0.15, 0.2) is 36.7 Å². The summed E-state index contributed by atoms with van der Waals surface area (Å²) in [5, 5.41) is 13.2. The second-order valence-corrected chi connectivity index (χ2v) is 4.62. The van der Waals surface area contributed by atoms with Crippen molar-refractivity contribution in [1.29, 1.82) is 0 Å². The highest BCUT2D eigenvalue weighted by Crippen LogP contribution is 2.37. The van der Waals surface area contributed by atoms with Crippen LogP contribution in [-0.2, 0) is 13.0 Å². The van der Waals surface area contributed by atoms with Crippen LogP contribution in [-0.4, -0.2) is 23.4 Å². The average molecular weight is 272 g/mol. The number of nitrogens with one attached hydrogen (secondary N) is 1. The van der Waals surface area contributed by atoms with Gasteiger partial charge < -0.3 is 19.9 Å². The van der Waals surface area contributed by atoms with Gasteiger partial charge in [0, 0.05) is 30.6 Å².